The minimum atomic E-state index is -4.60. The SMILES string of the molecule is CC(C(=O)O)N1C(=O)N(C2C=C(C(F)(F)F)C=CC2)C2=C(C(O)CC2)C1c1ccc(C#N)cc1. The summed E-state index contributed by atoms with van der Waals surface area (Å²) in [6.45, 7) is 1.32. The van der Waals surface area contributed by atoms with Crippen LogP contribution in [-0.4, -0.2) is 56.4 Å². The number of carbonyl (C=O) groups excluding carboxylic acids is 1. The molecule has 1 aromatic carbocycles. The average molecular weight is 473 g/mol. The van der Waals surface area contributed by atoms with Crippen molar-refractivity contribution in [1.29, 1.82) is 5.26 Å². The maximum atomic E-state index is 13.8. The summed E-state index contributed by atoms with van der Waals surface area (Å²) >= 11 is 0. The lowest BCUT2D eigenvalue weighted by molar-refractivity contribution is -0.142. The molecule has 2 aliphatic carbocycles. The number of urea groups is 1. The van der Waals surface area contributed by atoms with Crippen molar-refractivity contribution in [1.82, 2.24) is 9.80 Å². The van der Waals surface area contributed by atoms with Gasteiger partial charge in [0.05, 0.1) is 35.4 Å². The number of carboxylic acids is 1. The van der Waals surface area contributed by atoms with Crippen molar-refractivity contribution in [3.05, 3.63) is 70.5 Å². The van der Waals surface area contributed by atoms with Crippen molar-refractivity contribution in [3.8, 4) is 6.07 Å². The molecule has 34 heavy (non-hydrogen) atoms. The third-order valence-electron chi connectivity index (χ3n) is 6.47. The van der Waals surface area contributed by atoms with Gasteiger partial charge in [0.1, 0.15) is 6.04 Å². The average Bonchev–Trinajstić information content (AvgIpc) is 3.18. The van der Waals surface area contributed by atoms with E-state index in [0.29, 0.717) is 22.4 Å². The molecule has 2 amide bonds. The number of nitriles is 1. The number of aliphatic carboxylic acids is 1. The van der Waals surface area contributed by atoms with Crippen molar-refractivity contribution in [2.75, 3.05) is 0 Å². The second-order valence-corrected chi connectivity index (χ2v) is 8.49. The second kappa shape index (κ2) is 8.65. The molecule has 0 aromatic heterocycles. The molecule has 0 radical (unpaired) electrons. The molecule has 4 atom stereocenters. The van der Waals surface area contributed by atoms with Crippen molar-refractivity contribution >= 4 is 12.0 Å². The van der Waals surface area contributed by atoms with Gasteiger partial charge in [-0.3, -0.25) is 9.80 Å². The molecule has 0 bridgehead atoms. The van der Waals surface area contributed by atoms with E-state index in [1.165, 1.54) is 30.0 Å². The number of aliphatic hydroxyl groups is 1. The van der Waals surface area contributed by atoms with Crippen LogP contribution in [0.4, 0.5) is 18.0 Å². The molecule has 4 unspecified atom stereocenters. The fraction of sp³-hybridized carbons (Fsp3) is 0.375. The summed E-state index contributed by atoms with van der Waals surface area (Å²) in [6, 6.07) is 4.25. The van der Waals surface area contributed by atoms with Gasteiger partial charge in [-0.15, -0.1) is 0 Å². The van der Waals surface area contributed by atoms with Crippen LogP contribution in [-0.2, 0) is 4.79 Å². The van der Waals surface area contributed by atoms with E-state index in [0.717, 1.165) is 17.1 Å². The van der Waals surface area contributed by atoms with E-state index >= 15 is 0 Å². The molecule has 1 aliphatic heterocycles. The Morgan fingerprint density at radius 1 is 1.26 bits per heavy atom. The molecule has 0 saturated heterocycles. The standard InChI is InChI=1S/C24H22F3N3O4/c1-13(22(32)33)29-21(15-7-5-14(12-28)6-8-15)20-18(9-10-19(20)31)30(23(29)34)17-4-2-3-16(11-17)24(25,26)27/h2-3,5-8,11,13,17,19,21,31H,4,9-10H2,1H3,(H,32,33). The van der Waals surface area contributed by atoms with Crippen LogP contribution < -0.4 is 0 Å². The number of carboxylic acid groups (broad SMARTS) is 1. The molecule has 7 nitrogen and oxygen atoms in total. The van der Waals surface area contributed by atoms with Gasteiger partial charge in [-0.25, -0.2) is 9.59 Å². The lowest BCUT2D eigenvalue weighted by Crippen LogP contribution is -2.57. The van der Waals surface area contributed by atoms with Gasteiger partial charge in [0, 0.05) is 11.3 Å². The Morgan fingerprint density at radius 2 is 1.94 bits per heavy atom. The largest absolute Gasteiger partial charge is 0.480 e. The van der Waals surface area contributed by atoms with Crippen molar-refractivity contribution in [2.45, 2.75) is 56.6 Å². The van der Waals surface area contributed by atoms with Crippen LogP contribution in [0.3, 0.4) is 0 Å². The number of amides is 2. The highest BCUT2D eigenvalue weighted by Gasteiger charge is 2.50. The van der Waals surface area contributed by atoms with Crippen LogP contribution in [0.25, 0.3) is 0 Å². The smallest absolute Gasteiger partial charge is 0.416 e. The predicted octanol–water partition coefficient (Wildman–Crippen LogP) is 4.04. The molecule has 0 fully saturated rings. The summed E-state index contributed by atoms with van der Waals surface area (Å²) in [4.78, 5) is 28.0. The zero-order valence-corrected chi connectivity index (χ0v) is 18.2. The van der Waals surface area contributed by atoms with Crippen LogP contribution in [0.5, 0.6) is 0 Å². The number of aliphatic hydroxyl groups excluding tert-OH is 1. The summed E-state index contributed by atoms with van der Waals surface area (Å²) in [5, 5.41) is 29.7. The maximum Gasteiger partial charge on any atom is 0.416 e. The van der Waals surface area contributed by atoms with E-state index in [2.05, 4.69) is 0 Å². The first kappa shape index (κ1) is 23.6. The monoisotopic (exact) mass is 473 g/mol. The van der Waals surface area contributed by atoms with E-state index in [1.807, 2.05) is 6.07 Å². The van der Waals surface area contributed by atoms with Crippen LogP contribution in [0.15, 0.2) is 59.3 Å². The summed E-state index contributed by atoms with van der Waals surface area (Å²) in [6.07, 6.45) is -1.69. The fourth-order valence-electron chi connectivity index (χ4n) is 4.83. The minimum Gasteiger partial charge on any atom is -0.480 e. The number of allylic oxidation sites excluding steroid dienone is 3. The van der Waals surface area contributed by atoms with Gasteiger partial charge in [-0.1, -0.05) is 24.3 Å². The van der Waals surface area contributed by atoms with Crippen molar-refractivity contribution in [3.63, 3.8) is 0 Å². The highest BCUT2D eigenvalue weighted by Crippen LogP contribution is 2.47. The Kier molecular flexibility index (Phi) is 6.00. The molecular formula is C24H22F3N3O4. The van der Waals surface area contributed by atoms with Crippen LogP contribution in [0.1, 0.15) is 43.4 Å². The lowest BCUT2D eigenvalue weighted by Gasteiger charge is -2.47. The van der Waals surface area contributed by atoms with E-state index in [4.69, 9.17) is 5.26 Å². The van der Waals surface area contributed by atoms with Gasteiger partial charge in [0.2, 0.25) is 0 Å². The highest BCUT2D eigenvalue weighted by atomic mass is 19.4. The van der Waals surface area contributed by atoms with E-state index < -0.39 is 48.0 Å². The lowest BCUT2D eigenvalue weighted by atomic mass is 9.89. The Labute approximate surface area is 193 Å². The number of nitrogens with zero attached hydrogens (tertiary/aromatic N) is 3. The molecule has 2 N–H and O–H groups in total. The van der Waals surface area contributed by atoms with Gasteiger partial charge < -0.3 is 10.2 Å². The molecule has 10 heteroatoms. The molecule has 0 saturated carbocycles. The molecule has 1 heterocycles. The predicted molar refractivity (Wildman–Crippen MR) is 114 cm³/mol. The Morgan fingerprint density at radius 3 is 2.53 bits per heavy atom. The Balaban J connectivity index is 1.88. The van der Waals surface area contributed by atoms with Gasteiger partial charge in [0.25, 0.3) is 0 Å². The zero-order chi connectivity index (χ0) is 24.8. The fourth-order valence-corrected chi connectivity index (χ4v) is 4.83. The quantitative estimate of drug-likeness (QED) is 0.687. The molecule has 1 aromatic rings. The summed E-state index contributed by atoms with van der Waals surface area (Å²) in [7, 11) is 0. The maximum absolute atomic E-state index is 13.8. The third kappa shape index (κ3) is 3.96. The molecule has 4 rings (SSSR count). The van der Waals surface area contributed by atoms with E-state index in [-0.39, 0.29) is 19.3 Å². The second-order valence-electron chi connectivity index (χ2n) is 8.49. The number of alkyl halides is 3. The summed E-state index contributed by atoms with van der Waals surface area (Å²) in [5.41, 5.74) is 0.797. The molecular weight excluding hydrogens is 451 g/mol. The van der Waals surface area contributed by atoms with Crippen molar-refractivity contribution < 1.29 is 33.0 Å². The number of benzene rings is 1. The molecule has 178 valence electrons. The van der Waals surface area contributed by atoms with Crippen LogP contribution in [0.2, 0.25) is 0 Å². The number of hydrogen-bond donors (Lipinski definition) is 2. The number of carbonyl (C=O) groups is 2. The Bertz CT molecular complexity index is 1150. The van der Waals surface area contributed by atoms with Crippen molar-refractivity contribution in [2.24, 2.45) is 0 Å². The van der Waals surface area contributed by atoms with Gasteiger partial charge in [0.15, 0.2) is 0 Å². The normalized spacial score (nSPS) is 25.7. The highest BCUT2D eigenvalue weighted by molar-refractivity contribution is 5.86. The van der Waals surface area contributed by atoms with E-state index in [9.17, 15) is 33.0 Å². The molecule has 0 spiro atoms. The van der Waals surface area contributed by atoms with Crippen LogP contribution in [0, 0.1) is 11.3 Å². The number of hydrogen-bond acceptors (Lipinski definition) is 4. The third-order valence-corrected chi connectivity index (χ3v) is 6.47. The van der Waals surface area contributed by atoms with Gasteiger partial charge in [-0.2, -0.15) is 18.4 Å². The van der Waals surface area contributed by atoms with Crippen LogP contribution >= 0.6 is 0 Å². The van der Waals surface area contributed by atoms with Gasteiger partial charge >= 0.3 is 18.2 Å². The minimum absolute atomic E-state index is 0.120. The number of rotatable bonds is 4. The topological polar surface area (TPSA) is 105 Å². The summed E-state index contributed by atoms with van der Waals surface area (Å²) in [5.74, 6) is -1.29. The zero-order valence-electron chi connectivity index (χ0n) is 18.2. The first-order chi connectivity index (χ1) is 16.0. The first-order valence-electron chi connectivity index (χ1n) is 10.8. The Hall–Kier alpha value is -3.58. The summed E-state index contributed by atoms with van der Waals surface area (Å²) < 4.78 is 40.1. The van der Waals surface area contributed by atoms with Gasteiger partial charge in [-0.05, 0) is 50.0 Å². The molecule has 3 aliphatic rings. The first-order valence-corrected chi connectivity index (χ1v) is 10.8. The van der Waals surface area contributed by atoms with E-state index in [1.54, 1.807) is 12.1 Å². The number of halogens is 3.